The summed E-state index contributed by atoms with van der Waals surface area (Å²) in [6, 6.07) is 49.5. The first-order valence-corrected chi connectivity index (χ1v) is 16.0. The largest absolute Gasteiger partial charge is 0.265 e. The van der Waals surface area contributed by atoms with E-state index in [4.69, 9.17) is 9.97 Å². The van der Waals surface area contributed by atoms with Crippen LogP contribution in [0.4, 0.5) is 0 Å². The van der Waals surface area contributed by atoms with E-state index >= 15 is 0 Å². The van der Waals surface area contributed by atoms with Gasteiger partial charge in [-0.1, -0.05) is 97.1 Å². The maximum atomic E-state index is 5.01. The molecule has 48 heavy (non-hydrogen) atoms. The zero-order valence-electron chi connectivity index (χ0n) is 26.0. The minimum Gasteiger partial charge on any atom is -0.265 e. The van der Waals surface area contributed by atoms with Gasteiger partial charge in [0, 0.05) is 52.9 Å². The second-order valence-corrected chi connectivity index (χ2v) is 11.9. The number of fused-ring (bicyclic) bond motifs is 4. The van der Waals surface area contributed by atoms with Gasteiger partial charge in [0.25, 0.3) is 0 Å². The Kier molecular flexibility index (Phi) is 6.76. The molecule has 4 heteroatoms. The lowest BCUT2D eigenvalue weighted by atomic mass is 9.89. The highest BCUT2D eigenvalue weighted by molar-refractivity contribution is 6.14. The number of benzene rings is 5. The van der Waals surface area contributed by atoms with Crippen LogP contribution in [-0.4, -0.2) is 19.9 Å². The fourth-order valence-corrected chi connectivity index (χ4v) is 6.80. The van der Waals surface area contributed by atoms with Crippen molar-refractivity contribution in [1.82, 2.24) is 19.9 Å². The molecule has 4 nitrogen and oxygen atoms in total. The van der Waals surface area contributed by atoms with Crippen molar-refractivity contribution in [3.8, 4) is 55.9 Å². The predicted octanol–water partition coefficient (Wildman–Crippen LogP) is 11.1. The van der Waals surface area contributed by atoms with Crippen LogP contribution < -0.4 is 0 Å². The standard InChI is InChI=1S/C44H28N4/c1-2-7-37-36(6-1)35(16-17-39(37)38-8-3-9-41-40(38)15-14-33-5-4-22-47-44(33)41)30-12-10-29(11-13-30)34-27-42(31-18-23-45-24-19-31)48-43(28-34)32-20-25-46-26-21-32/h1-28H. The molecule has 5 aromatic carbocycles. The third-order valence-corrected chi connectivity index (χ3v) is 9.15. The Balaban J connectivity index is 1.14. The molecule has 0 saturated carbocycles. The second-order valence-electron chi connectivity index (χ2n) is 11.9. The number of pyridine rings is 4. The van der Waals surface area contributed by atoms with E-state index in [0.29, 0.717) is 0 Å². The fourth-order valence-electron chi connectivity index (χ4n) is 6.80. The van der Waals surface area contributed by atoms with Crippen molar-refractivity contribution in [2.75, 3.05) is 0 Å². The summed E-state index contributed by atoms with van der Waals surface area (Å²) in [6.45, 7) is 0. The molecule has 0 aliphatic heterocycles. The first-order chi connectivity index (χ1) is 23.8. The van der Waals surface area contributed by atoms with Crippen LogP contribution in [0.25, 0.3) is 88.3 Å². The van der Waals surface area contributed by atoms with Gasteiger partial charge in [0.05, 0.1) is 16.9 Å². The molecule has 0 atom stereocenters. The molecule has 0 aliphatic rings. The van der Waals surface area contributed by atoms with Crippen molar-refractivity contribution >= 4 is 32.4 Å². The normalized spacial score (nSPS) is 11.3. The predicted molar refractivity (Wildman–Crippen MR) is 197 cm³/mol. The first-order valence-electron chi connectivity index (χ1n) is 16.0. The van der Waals surface area contributed by atoms with Crippen LogP contribution in [0.15, 0.2) is 171 Å². The van der Waals surface area contributed by atoms with Crippen LogP contribution in [0, 0.1) is 0 Å². The van der Waals surface area contributed by atoms with Gasteiger partial charge in [-0.05, 0) is 92.0 Å². The molecule has 0 bridgehead atoms. The molecule has 4 heterocycles. The van der Waals surface area contributed by atoms with Crippen LogP contribution in [0.3, 0.4) is 0 Å². The maximum Gasteiger partial charge on any atom is 0.0780 e. The van der Waals surface area contributed by atoms with E-state index in [-0.39, 0.29) is 0 Å². The van der Waals surface area contributed by atoms with Gasteiger partial charge in [-0.3, -0.25) is 15.0 Å². The Hall–Kier alpha value is -6.52. The quantitative estimate of drug-likeness (QED) is 0.181. The molecule has 9 rings (SSSR count). The van der Waals surface area contributed by atoms with Crippen molar-refractivity contribution in [3.05, 3.63) is 171 Å². The Morgan fingerprint density at radius 3 is 1.62 bits per heavy atom. The highest BCUT2D eigenvalue weighted by atomic mass is 14.7. The summed E-state index contributed by atoms with van der Waals surface area (Å²) in [7, 11) is 0. The molecule has 0 radical (unpaired) electrons. The van der Waals surface area contributed by atoms with Gasteiger partial charge in [0.2, 0.25) is 0 Å². The summed E-state index contributed by atoms with van der Waals surface area (Å²) in [6.07, 6.45) is 9.09. The van der Waals surface area contributed by atoms with E-state index in [9.17, 15) is 0 Å². The second kappa shape index (κ2) is 11.7. The van der Waals surface area contributed by atoms with Crippen molar-refractivity contribution in [2.45, 2.75) is 0 Å². The highest BCUT2D eigenvalue weighted by Crippen LogP contribution is 2.40. The van der Waals surface area contributed by atoms with E-state index in [0.717, 1.165) is 44.5 Å². The highest BCUT2D eigenvalue weighted by Gasteiger charge is 2.14. The molecule has 0 saturated heterocycles. The fraction of sp³-hybridized carbons (Fsp3) is 0. The van der Waals surface area contributed by atoms with Crippen LogP contribution in [0.5, 0.6) is 0 Å². The topological polar surface area (TPSA) is 51.6 Å². The van der Waals surface area contributed by atoms with Crippen molar-refractivity contribution in [1.29, 1.82) is 0 Å². The van der Waals surface area contributed by atoms with Crippen LogP contribution in [-0.2, 0) is 0 Å². The average Bonchev–Trinajstić information content (AvgIpc) is 3.18. The van der Waals surface area contributed by atoms with Gasteiger partial charge in [0.1, 0.15) is 0 Å². The van der Waals surface area contributed by atoms with Gasteiger partial charge < -0.3 is 0 Å². The Morgan fingerprint density at radius 1 is 0.333 bits per heavy atom. The molecule has 0 unspecified atom stereocenters. The number of hydrogen-bond donors (Lipinski definition) is 0. The van der Waals surface area contributed by atoms with Crippen molar-refractivity contribution in [2.24, 2.45) is 0 Å². The molecule has 0 fully saturated rings. The van der Waals surface area contributed by atoms with Crippen LogP contribution in [0.2, 0.25) is 0 Å². The molecule has 0 spiro atoms. The summed E-state index contributed by atoms with van der Waals surface area (Å²) in [4.78, 5) is 18.1. The van der Waals surface area contributed by atoms with Crippen molar-refractivity contribution in [3.63, 3.8) is 0 Å². The van der Waals surface area contributed by atoms with Crippen molar-refractivity contribution < 1.29 is 0 Å². The maximum absolute atomic E-state index is 5.01. The summed E-state index contributed by atoms with van der Waals surface area (Å²) in [5.41, 5.74) is 12.0. The minimum absolute atomic E-state index is 0.907. The number of nitrogens with zero attached hydrogens (tertiary/aromatic N) is 4. The van der Waals surface area contributed by atoms with Gasteiger partial charge >= 0.3 is 0 Å². The van der Waals surface area contributed by atoms with Gasteiger partial charge in [0.15, 0.2) is 0 Å². The zero-order chi connectivity index (χ0) is 31.9. The summed E-state index contributed by atoms with van der Waals surface area (Å²) >= 11 is 0. The SMILES string of the molecule is c1cnc2c(c1)ccc1c(-c3ccc(-c4ccc(-c5cc(-c6ccncc6)nc(-c6ccncc6)c5)cc4)c4ccccc34)cccc12. The summed E-state index contributed by atoms with van der Waals surface area (Å²) in [5.74, 6) is 0. The Morgan fingerprint density at radius 2 is 0.917 bits per heavy atom. The van der Waals surface area contributed by atoms with E-state index in [2.05, 4.69) is 119 Å². The molecule has 9 aromatic rings. The van der Waals surface area contributed by atoms with E-state index in [1.54, 1.807) is 24.8 Å². The Labute approximate surface area is 278 Å². The first kappa shape index (κ1) is 27.8. The van der Waals surface area contributed by atoms with E-state index in [1.165, 1.54) is 43.8 Å². The van der Waals surface area contributed by atoms with Gasteiger partial charge in [-0.2, -0.15) is 0 Å². The molecular formula is C44H28N4. The molecule has 0 amide bonds. The summed E-state index contributed by atoms with van der Waals surface area (Å²) < 4.78 is 0. The number of hydrogen-bond acceptors (Lipinski definition) is 4. The smallest absolute Gasteiger partial charge is 0.0780 e. The molecular weight excluding hydrogens is 585 g/mol. The van der Waals surface area contributed by atoms with Crippen LogP contribution >= 0.6 is 0 Å². The zero-order valence-corrected chi connectivity index (χ0v) is 26.0. The molecule has 0 N–H and O–H groups in total. The number of aromatic nitrogens is 4. The lowest BCUT2D eigenvalue weighted by Gasteiger charge is -2.15. The lowest BCUT2D eigenvalue weighted by Crippen LogP contribution is -1.92. The van der Waals surface area contributed by atoms with E-state index < -0.39 is 0 Å². The average molecular weight is 613 g/mol. The molecule has 4 aromatic heterocycles. The number of rotatable bonds is 5. The third-order valence-electron chi connectivity index (χ3n) is 9.15. The van der Waals surface area contributed by atoms with Gasteiger partial charge in [-0.25, -0.2) is 4.98 Å². The third kappa shape index (κ3) is 4.88. The van der Waals surface area contributed by atoms with E-state index in [1.807, 2.05) is 36.5 Å². The van der Waals surface area contributed by atoms with Gasteiger partial charge in [-0.15, -0.1) is 0 Å². The monoisotopic (exact) mass is 612 g/mol. The lowest BCUT2D eigenvalue weighted by molar-refractivity contribution is 1.27. The molecule has 0 aliphatic carbocycles. The molecule has 224 valence electrons. The minimum atomic E-state index is 0.907. The van der Waals surface area contributed by atoms with Crippen LogP contribution in [0.1, 0.15) is 0 Å². The Bertz CT molecular complexity index is 2540. The summed E-state index contributed by atoms with van der Waals surface area (Å²) in [5, 5.41) is 5.98.